The number of benzene rings is 8. The van der Waals surface area contributed by atoms with Gasteiger partial charge in [0.1, 0.15) is 0 Å². The van der Waals surface area contributed by atoms with Gasteiger partial charge in [0.05, 0.1) is 22.4 Å². The normalized spacial score (nSPS) is 11.3. The third kappa shape index (κ3) is 6.85. The van der Waals surface area contributed by atoms with Crippen LogP contribution in [0.3, 0.4) is 0 Å². The molecule has 2 aromatic heterocycles. The highest BCUT2D eigenvalue weighted by Crippen LogP contribution is 2.40. The Bertz CT molecular complexity index is 3020. The Kier molecular flexibility index (Phi) is 9.15. The van der Waals surface area contributed by atoms with E-state index < -0.39 is 0 Å². The summed E-state index contributed by atoms with van der Waals surface area (Å²) in [5.41, 5.74) is 17.7. The smallest absolute Gasteiger partial charge is 0.160 e. The molecule has 59 heavy (non-hydrogen) atoms. The van der Waals surface area contributed by atoms with Gasteiger partial charge in [0.2, 0.25) is 0 Å². The van der Waals surface area contributed by atoms with Gasteiger partial charge >= 0.3 is 0 Å². The van der Waals surface area contributed by atoms with Gasteiger partial charge in [-0.1, -0.05) is 132 Å². The molecule has 0 spiro atoms. The highest BCUT2D eigenvalue weighted by molar-refractivity contribution is 6.10. The van der Waals surface area contributed by atoms with E-state index in [1.165, 1.54) is 38.5 Å². The number of fused-ring (bicyclic) bond motifs is 3. The first kappa shape index (κ1) is 35.8. The number of aromatic nitrogens is 3. The van der Waals surface area contributed by atoms with E-state index >= 15 is 0 Å². The highest BCUT2D eigenvalue weighted by Gasteiger charge is 2.18. The number of nitrogens with zero attached hydrogens (tertiary/aromatic N) is 4. The topological polar surface area (TPSA) is 34.0 Å². The van der Waals surface area contributed by atoms with Gasteiger partial charge in [-0.2, -0.15) is 0 Å². The van der Waals surface area contributed by atoms with Crippen LogP contribution in [-0.2, 0) is 0 Å². The number of aryl methyl sites for hydroxylation is 3. The van der Waals surface area contributed by atoms with Crippen molar-refractivity contribution >= 4 is 38.9 Å². The highest BCUT2D eigenvalue weighted by atomic mass is 15.1. The Morgan fingerprint density at radius 1 is 0.390 bits per heavy atom. The van der Waals surface area contributed by atoms with Gasteiger partial charge in [0.25, 0.3) is 0 Å². The fraction of sp³-hybridized carbons (Fsp3) is 0.0545. The summed E-state index contributed by atoms with van der Waals surface area (Å²) in [5, 5.41) is 2.44. The molecule has 0 bridgehead atoms. The molecular formula is C55H42N4. The molecule has 0 atom stereocenters. The molecule has 282 valence electrons. The van der Waals surface area contributed by atoms with Crippen LogP contribution in [0.2, 0.25) is 0 Å². The summed E-state index contributed by atoms with van der Waals surface area (Å²) >= 11 is 0. The van der Waals surface area contributed by atoms with Gasteiger partial charge in [0.15, 0.2) is 5.82 Å². The molecule has 0 aliphatic carbocycles. The fourth-order valence-electron chi connectivity index (χ4n) is 8.36. The van der Waals surface area contributed by atoms with Gasteiger partial charge in [-0.15, -0.1) is 0 Å². The Morgan fingerprint density at radius 3 is 1.69 bits per heavy atom. The van der Waals surface area contributed by atoms with Crippen molar-refractivity contribution in [1.29, 1.82) is 0 Å². The Labute approximate surface area is 345 Å². The van der Waals surface area contributed by atoms with E-state index in [2.05, 4.69) is 230 Å². The summed E-state index contributed by atoms with van der Waals surface area (Å²) < 4.78 is 2.38. The molecule has 4 heteroatoms. The standard InChI is InChI=1S/C55H42N4/c1-37-14-12-16-42(32-37)51-36-52(57-55(56-51)43-17-13-15-38(2)33-43)48-30-26-41(34-39(48)3)40-24-27-46(28-25-40)59-53-23-11-10-22-49(53)50-35-47(29-31-54(50)59)58(44-18-6-4-7-19-44)45-20-8-5-9-21-45/h4-36H,1-3H3. The van der Waals surface area contributed by atoms with Crippen molar-refractivity contribution in [2.75, 3.05) is 4.90 Å². The van der Waals surface area contributed by atoms with Crippen LogP contribution in [0, 0.1) is 20.8 Å². The first-order valence-corrected chi connectivity index (χ1v) is 20.2. The van der Waals surface area contributed by atoms with Crippen LogP contribution >= 0.6 is 0 Å². The third-order valence-electron chi connectivity index (χ3n) is 11.2. The summed E-state index contributed by atoms with van der Waals surface area (Å²) in [5.74, 6) is 0.729. The van der Waals surface area contributed by atoms with E-state index in [9.17, 15) is 0 Å². The van der Waals surface area contributed by atoms with Crippen LogP contribution in [0.25, 0.3) is 72.5 Å². The van der Waals surface area contributed by atoms with E-state index in [1.54, 1.807) is 0 Å². The maximum absolute atomic E-state index is 5.15. The summed E-state index contributed by atoms with van der Waals surface area (Å²) in [6, 6.07) is 71.4. The fourth-order valence-corrected chi connectivity index (χ4v) is 8.36. The van der Waals surface area contributed by atoms with Gasteiger partial charge in [-0.05, 0) is 116 Å². The zero-order valence-electron chi connectivity index (χ0n) is 33.3. The van der Waals surface area contributed by atoms with Gasteiger partial charge in [0, 0.05) is 50.2 Å². The van der Waals surface area contributed by atoms with Crippen molar-refractivity contribution in [2.45, 2.75) is 20.8 Å². The largest absolute Gasteiger partial charge is 0.310 e. The van der Waals surface area contributed by atoms with Crippen LogP contribution in [0.15, 0.2) is 200 Å². The number of hydrogen-bond donors (Lipinski definition) is 0. The summed E-state index contributed by atoms with van der Waals surface area (Å²) in [7, 11) is 0. The lowest BCUT2D eigenvalue weighted by Gasteiger charge is -2.25. The Hall–Kier alpha value is -7.56. The molecular weight excluding hydrogens is 717 g/mol. The SMILES string of the molecule is Cc1cccc(-c2cc(-c3ccc(-c4ccc(-n5c6ccccc6c6cc(N(c7ccccc7)c7ccccc7)ccc65)cc4)cc3C)nc(-c3cccc(C)c3)n2)c1. The molecule has 0 amide bonds. The van der Waals surface area contributed by atoms with Crippen LogP contribution in [0.1, 0.15) is 16.7 Å². The molecule has 0 saturated heterocycles. The first-order chi connectivity index (χ1) is 29.0. The lowest BCUT2D eigenvalue weighted by atomic mass is 9.97. The van der Waals surface area contributed by atoms with E-state index in [4.69, 9.17) is 9.97 Å². The minimum atomic E-state index is 0.729. The van der Waals surface area contributed by atoms with E-state index in [0.29, 0.717) is 0 Å². The molecule has 8 aromatic carbocycles. The Morgan fingerprint density at radius 2 is 1.00 bits per heavy atom. The molecule has 0 aliphatic rings. The monoisotopic (exact) mass is 758 g/mol. The molecule has 0 aliphatic heterocycles. The van der Waals surface area contributed by atoms with Crippen molar-refractivity contribution in [3.63, 3.8) is 0 Å². The minimum Gasteiger partial charge on any atom is -0.310 e. The van der Waals surface area contributed by atoms with Crippen LogP contribution in [0.5, 0.6) is 0 Å². The summed E-state index contributed by atoms with van der Waals surface area (Å²) in [6.45, 7) is 6.40. The Balaban J connectivity index is 1.01. The van der Waals surface area contributed by atoms with E-state index in [-0.39, 0.29) is 0 Å². The predicted molar refractivity (Wildman–Crippen MR) is 247 cm³/mol. The lowest BCUT2D eigenvalue weighted by Crippen LogP contribution is -2.09. The molecule has 10 rings (SSSR count). The zero-order chi connectivity index (χ0) is 39.9. The minimum absolute atomic E-state index is 0.729. The molecule has 10 aromatic rings. The molecule has 4 nitrogen and oxygen atoms in total. The summed E-state index contributed by atoms with van der Waals surface area (Å²) in [4.78, 5) is 12.5. The van der Waals surface area contributed by atoms with Crippen LogP contribution in [0.4, 0.5) is 17.1 Å². The van der Waals surface area contributed by atoms with Crippen LogP contribution in [-0.4, -0.2) is 14.5 Å². The third-order valence-corrected chi connectivity index (χ3v) is 11.2. The molecule has 0 radical (unpaired) electrons. The molecule has 0 unspecified atom stereocenters. The van der Waals surface area contributed by atoms with Gasteiger partial charge < -0.3 is 9.47 Å². The van der Waals surface area contributed by atoms with Crippen molar-refractivity contribution in [3.05, 3.63) is 217 Å². The number of hydrogen-bond acceptors (Lipinski definition) is 3. The van der Waals surface area contributed by atoms with Gasteiger partial charge in [-0.3, -0.25) is 0 Å². The zero-order valence-corrected chi connectivity index (χ0v) is 33.3. The average Bonchev–Trinajstić information content (AvgIpc) is 3.61. The quantitative estimate of drug-likeness (QED) is 0.155. The maximum atomic E-state index is 5.15. The molecule has 0 N–H and O–H groups in total. The summed E-state index contributed by atoms with van der Waals surface area (Å²) in [6.07, 6.45) is 0. The molecule has 2 heterocycles. The maximum Gasteiger partial charge on any atom is 0.160 e. The van der Waals surface area contributed by atoms with Crippen LogP contribution < -0.4 is 4.90 Å². The van der Waals surface area contributed by atoms with Crippen molar-refractivity contribution in [2.24, 2.45) is 0 Å². The van der Waals surface area contributed by atoms with Crippen molar-refractivity contribution < 1.29 is 0 Å². The molecule has 0 fully saturated rings. The van der Waals surface area contributed by atoms with Crippen molar-refractivity contribution in [3.8, 4) is 50.7 Å². The lowest BCUT2D eigenvalue weighted by molar-refractivity contribution is 1.17. The van der Waals surface area contributed by atoms with E-state index in [0.717, 1.165) is 67.8 Å². The first-order valence-electron chi connectivity index (χ1n) is 20.2. The average molecular weight is 759 g/mol. The predicted octanol–water partition coefficient (Wildman–Crippen LogP) is 14.6. The number of para-hydroxylation sites is 3. The van der Waals surface area contributed by atoms with Crippen molar-refractivity contribution in [1.82, 2.24) is 14.5 Å². The molecule has 0 saturated carbocycles. The second kappa shape index (κ2) is 15.1. The van der Waals surface area contributed by atoms with E-state index in [1.807, 2.05) is 0 Å². The number of rotatable bonds is 8. The number of anilines is 3. The van der Waals surface area contributed by atoms with Gasteiger partial charge in [-0.25, -0.2) is 9.97 Å². The second-order valence-corrected chi connectivity index (χ2v) is 15.3. The second-order valence-electron chi connectivity index (χ2n) is 15.3.